The van der Waals surface area contributed by atoms with Gasteiger partial charge in [0.05, 0.1) is 15.5 Å². The molecule has 0 aliphatic rings. The molecule has 0 fully saturated rings. The summed E-state index contributed by atoms with van der Waals surface area (Å²) >= 11 is 3.16. The average molecular weight is 264 g/mol. The average Bonchev–Trinajstić information content (AvgIpc) is 2.25. The normalized spacial score (nSPS) is 10.2. The van der Waals surface area contributed by atoms with Gasteiger partial charge < -0.3 is 4.57 Å². The summed E-state index contributed by atoms with van der Waals surface area (Å²) in [6.45, 7) is 0. The van der Waals surface area contributed by atoms with Crippen LogP contribution in [-0.2, 0) is 7.05 Å². The number of pyridine rings is 2. The van der Waals surface area contributed by atoms with Crippen LogP contribution in [0.15, 0.2) is 27.5 Å². The van der Waals surface area contributed by atoms with E-state index in [9.17, 15) is 4.79 Å². The summed E-state index contributed by atoms with van der Waals surface area (Å²) in [6.07, 6.45) is 0. The lowest BCUT2D eigenvalue weighted by Crippen LogP contribution is -2.17. The minimum absolute atomic E-state index is 0.117. The van der Waals surface area contributed by atoms with Crippen LogP contribution in [0.3, 0.4) is 0 Å². The van der Waals surface area contributed by atoms with Gasteiger partial charge in [0.1, 0.15) is 11.8 Å². The topological polar surface area (TPSA) is 58.7 Å². The zero-order valence-corrected chi connectivity index (χ0v) is 9.45. The van der Waals surface area contributed by atoms with Crippen LogP contribution in [0.5, 0.6) is 0 Å². The van der Waals surface area contributed by atoms with Crippen LogP contribution in [0.1, 0.15) is 5.69 Å². The van der Waals surface area contributed by atoms with Gasteiger partial charge in [-0.25, -0.2) is 4.98 Å². The molecule has 0 bridgehead atoms. The molecule has 0 aliphatic heterocycles. The summed E-state index contributed by atoms with van der Waals surface area (Å²) in [7, 11) is 1.67. The van der Waals surface area contributed by atoms with Gasteiger partial charge in [-0.2, -0.15) is 5.26 Å². The lowest BCUT2D eigenvalue weighted by atomic mass is 10.3. The fourth-order valence-corrected chi connectivity index (χ4v) is 1.85. The van der Waals surface area contributed by atoms with Crippen LogP contribution in [0, 0.1) is 11.3 Å². The van der Waals surface area contributed by atoms with Gasteiger partial charge in [0.25, 0.3) is 5.56 Å². The second-order valence-corrected chi connectivity index (χ2v) is 3.92. The lowest BCUT2D eigenvalue weighted by Gasteiger charge is -2.04. The van der Waals surface area contributed by atoms with E-state index >= 15 is 0 Å². The van der Waals surface area contributed by atoms with Crippen LogP contribution in [0.4, 0.5) is 0 Å². The van der Waals surface area contributed by atoms with E-state index in [2.05, 4.69) is 20.9 Å². The Hall–Kier alpha value is -1.67. The molecule has 2 heterocycles. The number of nitriles is 1. The van der Waals surface area contributed by atoms with Crippen molar-refractivity contribution < 1.29 is 0 Å². The molecule has 15 heavy (non-hydrogen) atoms. The highest BCUT2D eigenvalue weighted by atomic mass is 79.9. The van der Waals surface area contributed by atoms with Crippen molar-refractivity contribution in [3.63, 3.8) is 0 Å². The Bertz CT molecular complexity index is 639. The van der Waals surface area contributed by atoms with Crippen LogP contribution in [0.2, 0.25) is 0 Å². The summed E-state index contributed by atoms with van der Waals surface area (Å²) < 4.78 is 1.94. The Morgan fingerprint density at radius 2 is 2.27 bits per heavy atom. The minimum Gasteiger partial charge on any atom is -0.309 e. The standard InChI is InChI=1S/C10H6BrN3O/c1-14-9-3-2-6(5-12)13-8(9)4-7(11)10(14)15/h2-4H,1H3. The smallest absolute Gasteiger partial charge is 0.265 e. The molecule has 74 valence electrons. The molecule has 0 atom stereocenters. The molecule has 0 spiro atoms. The zero-order chi connectivity index (χ0) is 11.0. The molecule has 4 nitrogen and oxygen atoms in total. The number of aromatic nitrogens is 2. The number of fused-ring (bicyclic) bond motifs is 1. The van der Waals surface area contributed by atoms with Gasteiger partial charge in [0.15, 0.2) is 0 Å². The van der Waals surface area contributed by atoms with Gasteiger partial charge in [-0.05, 0) is 34.1 Å². The van der Waals surface area contributed by atoms with Crippen LogP contribution in [-0.4, -0.2) is 9.55 Å². The highest BCUT2D eigenvalue weighted by molar-refractivity contribution is 9.10. The monoisotopic (exact) mass is 263 g/mol. The zero-order valence-electron chi connectivity index (χ0n) is 7.86. The van der Waals surface area contributed by atoms with E-state index in [1.54, 1.807) is 25.2 Å². The summed E-state index contributed by atoms with van der Waals surface area (Å²) in [5, 5.41) is 8.70. The molecule has 0 saturated carbocycles. The highest BCUT2D eigenvalue weighted by Gasteiger charge is 2.05. The third kappa shape index (κ3) is 1.53. The number of halogens is 1. The van der Waals surface area contributed by atoms with Crippen molar-refractivity contribution in [2.75, 3.05) is 0 Å². The Morgan fingerprint density at radius 1 is 1.53 bits per heavy atom. The molecule has 0 aliphatic carbocycles. The van der Waals surface area contributed by atoms with Gasteiger partial charge in [-0.3, -0.25) is 4.79 Å². The molecule has 2 aromatic rings. The maximum Gasteiger partial charge on any atom is 0.265 e. The van der Waals surface area contributed by atoms with Crippen LogP contribution in [0.25, 0.3) is 11.0 Å². The second-order valence-electron chi connectivity index (χ2n) is 3.07. The first kappa shape index (κ1) is 9.87. The van der Waals surface area contributed by atoms with Gasteiger partial charge in [0, 0.05) is 7.05 Å². The van der Waals surface area contributed by atoms with E-state index in [0.29, 0.717) is 21.2 Å². The van der Waals surface area contributed by atoms with Crippen molar-refractivity contribution in [2.24, 2.45) is 7.05 Å². The summed E-state index contributed by atoms with van der Waals surface area (Å²) in [4.78, 5) is 15.7. The predicted molar refractivity (Wildman–Crippen MR) is 59.4 cm³/mol. The van der Waals surface area contributed by atoms with Gasteiger partial charge in [0.2, 0.25) is 0 Å². The number of rotatable bonds is 0. The van der Waals surface area contributed by atoms with Crippen molar-refractivity contribution in [1.29, 1.82) is 5.26 Å². The SMILES string of the molecule is Cn1c(=O)c(Br)cc2nc(C#N)ccc21. The maximum absolute atomic E-state index is 11.6. The van der Waals surface area contributed by atoms with Crippen molar-refractivity contribution in [3.8, 4) is 6.07 Å². The molecular formula is C10H6BrN3O. The molecule has 2 rings (SSSR count). The van der Waals surface area contributed by atoms with Crippen LogP contribution >= 0.6 is 15.9 Å². The third-order valence-corrected chi connectivity index (χ3v) is 2.72. The fraction of sp³-hybridized carbons (Fsp3) is 0.100. The molecule has 2 aromatic heterocycles. The van der Waals surface area contributed by atoms with Gasteiger partial charge >= 0.3 is 0 Å². The third-order valence-electron chi connectivity index (χ3n) is 2.15. The van der Waals surface area contributed by atoms with Gasteiger partial charge in [-0.1, -0.05) is 0 Å². The van der Waals surface area contributed by atoms with Gasteiger partial charge in [-0.15, -0.1) is 0 Å². The molecule has 0 radical (unpaired) electrons. The first-order chi connectivity index (χ1) is 7.13. The fourth-order valence-electron chi connectivity index (χ4n) is 1.37. The molecule has 0 amide bonds. The highest BCUT2D eigenvalue weighted by Crippen LogP contribution is 2.14. The minimum atomic E-state index is -0.117. The molecule has 0 saturated heterocycles. The largest absolute Gasteiger partial charge is 0.309 e. The van der Waals surface area contributed by atoms with Crippen molar-refractivity contribution in [2.45, 2.75) is 0 Å². The molecule has 5 heteroatoms. The van der Waals surface area contributed by atoms with Crippen molar-refractivity contribution >= 4 is 27.0 Å². The predicted octanol–water partition coefficient (Wildman–Crippen LogP) is 1.57. The summed E-state index contributed by atoms with van der Waals surface area (Å²) in [5.74, 6) is 0. The van der Waals surface area contributed by atoms with E-state index in [-0.39, 0.29) is 5.56 Å². The lowest BCUT2D eigenvalue weighted by molar-refractivity contribution is 0.896. The first-order valence-corrected chi connectivity index (χ1v) is 4.99. The molecule has 0 unspecified atom stereocenters. The van der Waals surface area contributed by atoms with E-state index in [1.165, 1.54) is 4.57 Å². The van der Waals surface area contributed by atoms with E-state index in [0.717, 1.165) is 0 Å². The van der Waals surface area contributed by atoms with E-state index in [4.69, 9.17) is 5.26 Å². The summed E-state index contributed by atoms with van der Waals surface area (Å²) in [6, 6.07) is 6.89. The Morgan fingerprint density at radius 3 is 2.93 bits per heavy atom. The number of aryl methyl sites for hydroxylation is 1. The van der Waals surface area contributed by atoms with Crippen LogP contribution < -0.4 is 5.56 Å². The first-order valence-electron chi connectivity index (χ1n) is 4.20. The summed E-state index contributed by atoms with van der Waals surface area (Å²) in [5.41, 5.74) is 1.56. The Balaban J connectivity index is 2.94. The molecule has 0 aromatic carbocycles. The van der Waals surface area contributed by atoms with Crippen molar-refractivity contribution in [3.05, 3.63) is 38.7 Å². The molecule has 0 N–H and O–H groups in total. The Labute approximate surface area is 93.9 Å². The maximum atomic E-state index is 11.6. The Kier molecular flexibility index (Phi) is 2.29. The number of hydrogen-bond acceptors (Lipinski definition) is 3. The van der Waals surface area contributed by atoms with E-state index in [1.807, 2.05) is 6.07 Å². The second kappa shape index (κ2) is 3.48. The van der Waals surface area contributed by atoms with E-state index < -0.39 is 0 Å². The number of nitrogens with zero attached hydrogens (tertiary/aromatic N) is 3. The number of hydrogen-bond donors (Lipinski definition) is 0. The van der Waals surface area contributed by atoms with Crippen molar-refractivity contribution in [1.82, 2.24) is 9.55 Å². The quantitative estimate of drug-likeness (QED) is 0.725. The molecular weight excluding hydrogens is 258 g/mol.